The summed E-state index contributed by atoms with van der Waals surface area (Å²) in [5.41, 5.74) is 7.11. The summed E-state index contributed by atoms with van der Waals surface area (Å²) in [5.74, 6) is 0.862. The van der Waals surface area contributed by atoms with Crippen molar-refractivity contribution in [1.82, 2.24) is 15.5 Å². The lowest BCUT2D eigenvalue weighted by Crippen LogP contribution is -2.47. The van der Waals surface area contributed by atoms with Gasteiger partial charge < -0.3 is 21.3 Å². The number of benzene rings is 1. The van der Waals surface area contributed by atoms with Crippen LogP contribution in [0.4, 0.5) is 0 Å². The van der Waals surface area contributed by atoms with Crippen molar-refractivity contribution in [3.05, 3.63) is 35.4 Å². The first-order valence-corrected chi connectivity index (χ1v) is 9.66. The van der Waals surface area contributed by atoms with E-state index in [1.807, 2.05) is 31.2 Å². The Kier molecular flexibility index (Phi) is 10.9. The molecule has 1 fully saturated rings. The quantitative estimate of drug-likeness (QED) is 0.301. The number of hydrogen-bond donors (Lipinski definition) is 3. The van der Waals surface area contributed by atoms with Gasteiger partial charge in [0.1, 0.15) is 0 Å². The molecule has 1 heterocycles. The number of nitrogens with two attached hydrogens (primary N) is 1. The molecule has 0 bridgehead atoms. The Bertz CT molecular complexity index is 680. The molecule has 1 aliphatic heterocycles. The van der Waals surface area contributed by atoms with E-state index in [0.29, 0.717) is 24.4 Å². The molecule has 28 heavy (non-hydrogen) atoms. The molecule has 1 unspecified atom stereocenters. The van der Waals surface area contributed by atoms with Crippen LogP contribution >= 0.6 is 24.0 Å². The Labute approximate surface area is 184 Å². The van der Waals surface area contributed by atoms with Gasteiger partial charge in [0.05, 0.1) is 0 Å². The third-order valence-electron chi connectivity index (χ3n) is 4.72. The number of nitrogens with zero attached hydrogens (tertiary/aromatic N) is 2. The molecule has 8 heteroatoms. The fourth-order valence-electron chi connectivity index (χ4n) is 3.44. The molecule has 156 valence electrons. The largest absolute Gasteiger partial charge is 0.370 e. The Morgan fingerprint density at radius 2 is 2.14 bits per heavy atom. The van der Waals surface area contributed by atoms with Crippen molar-refractivity contribution in [2.75, 3.05) is 33.2 Å². The van der Waals surface area contributed by atoms with Crippen LogP contribution in [0.15, 0.2) is 29.3 Å². The summed E-state index contributed by atoms with van der Waals surface area (Å²) in [5, 5.41) is 5.99. The van der Waals surface area contributed by atoms with Crippen LogP contribution in [-0.2, 0) is 11.2 Å². The average molecular weight is 501 g/mol. The van der Waals surface area contributed by atoms with Gasteiger partial charge in [0.2, 0.25) is 5.91 Å². The average Bonchev–Trinajstić information content (AvgIpc) is 2.66. The summed E-state index contributed by atoms with van der Waals surface area (Å²) in [6.45, 7) is 5.22. The minimum Gasteiger partial charge on any atom is -0.370 e. The maximum Gasteiger partial charge on any atom is 0.251 e. The number of nitrogens with one attached hydrogen (secondary N) is 2. The maximum atomic E-state index is 11.8. The van der Waals surface area contributed by atoms with Gasteiger partial charge in [-0.2, -0.15) is 0 Å². The van der Waals surface area contributed by atoms with Crippen LogP contribution in [0.5, 0.6) is 0 Å². The normalized spacial score (nSPS) is 16.9. The second-order valence-corrected chi connectivity index (χ2v) is 6.89. The van der Waals surface area contributed by atoms with E-state index in [1.54, 1.807) is 7.05 Å². The molecule has 1 atom stereocenters. The van der Waals surface area contributed by atoms with Crippen LogP contribution in [-0.4, -0.2) is 55.9 Å². The van der Waals surface area contributed by atoms with Crippen LogP contribution in [0.1, 0.15) is 42.1 Å². The number of carbonyl (C=O) groups is 2. The lowest BCUT2D eigenvalue weighted by molar-refractivity contribution is -0.119. The molecule has 2 amide bonds. The lowest BCUT2D eigenvalue weighted by Gasteiger charge is -2.34. The first kappa shape index (κ1) is 24.2. The fourth-order valence-corrected chi connectivity index (χ4v) is 3.44. The molecule has 1 aliphatic rings. The zero-order chi connectivity index (χ0) is 19.6. The standard InChI is InChI=1S/C20H31N5O2.HI/c1-3-23-20(25-11-5-7-16(14-25)13-18(21)26)24-10-9-15-6-4-8-17(12-15)19(27)22-2;/h4,6,8,12,16H,3,5,7,9-11,13-14H2,1-2H3,(H2,21,26)(H,22,27)(H,23,24);1H. The second kappa shape index (κ2) is 12.6. The molecule has 0 aliphatic carbocycles. The van der Waals surface area contributed by atoms with Crippen molar-refractivity contribution >= 4 is 41.8 Å². The molecule has 1 aromatic rings. The molecule has 0 spiro atoms. The number of rotatable bonds is 7. The van der Waals surface area contributed by atoms with Crippen LogP contribution in [0.2, 0.25) is 0 Å². The third-order valence-corrected chi connectivity index (χ3v) is 4.72. The van der Waals surface area contributed by atoms with Gasteiger partial charge in [-0.1, -0.05) is 12.1 Å². The number of hydrogen-bond acceptors (Lipinski definition) is 3. The van der Waals surface area contributed by atoms with Gasteiger partial charge in [-0.15, -0.1) is 24.0 Å². The van der Waals surface area contributed by atoms with Crippen LogP contribution in [0.3, 0.4) is 0 Å². The Hall–Kier alpha value is -1.84. The van der Waals surface area contributed by atoms with E-state index < -0.39 is 0 Å². The molecule has 0 saturated carbocycles. The van der Waals surface area contributed by atoms with E-state index in [-0.39, 0.29) is 35.8 Å². The van der Waals surface area contributed by atoms with Gasteiger partial charge in [-0.25, -0.2) is 0 Å². The maximum absolute atomic E-state index is 11.8. The summed E-state index contributed by atoms with van der Waals surface area (Å²) < 4.78 is 0. The molecular formula is C20H32IN5O2. The lowest BCUT2D eigenvalue weighted by atomic mass is 9.95. The Morgan fingerprint density at radius 3 is 2.82 bits per heavy atom. The molecule has 7 nitrogen and oxygen atoms in total. The van der Waals surface area contributed by atoms with Crippen molar-refractivity contribution in [1.29, 1.82) is 0 Å². The summed E-state index contributed by atoms with van der Waals surface area (Å²) in [6, 6.07) is 7.62. The minimum atomic E-state index is -0.236. The van der Waals surface area contributed by atoms with Crippen molar-refractivity contribution in [2.45, 2.75) is 32.6 Å². The topological polar surface area (TPSA) is 99.8 Å². The molecule has 2 rings (SSSR count). The summed E-state index contributed by atoms with van der Waals surface area (Å²) in [4.78, 5) is 30.0. The highest BCUT2D eigenvalue weighted by Crippen LogP contribution is 2.19. The van der Waals surface area contributed by atoms with Crippen molar-refractivity contribution in [3.63, 3.8) is 0 Å². The molecule has 0 radical (unpaired) electrons. The van der Waals surface area contributed by atoms with E-state index >= 15 is 0 Å². The van der Waals surface area contributed by atoms with Crippen LogP contribution in [0.25, 0.3) is 0 Å². The van der Waals surface area contributed by atoms with Crippen LogP contribution in [0, 0.1) is 5.92 Å². The Balaban J connectivity index is 0.00000392. The summed E-state index contributed by atoms with van der Waals surface area (Å²) in [6.07, 6.45) is 3.27. The van der Waals surface area contributed by atoms with Gasteiger partial charge in [-0.05, 0) is 49.8 Å². The summed E-state index contributed by atoms with van der Waals surface area (Å²) >= 11 is 0. The molecular weight excluding hydrogens is 469 g/mol. The highest BCUT2D eigenvalue weighted by Gasteiger charge is 2.23. The van der Waals surface area contributed by atoms with Gasteiger partial charge in [0, 0.05) is 45.2 Å². The number of guanidine groups is 1. The molecule has 4 N–H and O–H groups in total. The number of carbonyl (C=O) groups excluding carboxylic acids is 2. The molecule has 0 aromatic heterocycles. The smallest absolute Gasteiger partial charge is 0.251 e. The summed E-state index contributed by atoms with van der Waals surface area (Å²) in [7, 11) is 1.63. The zero-order valence-corrected chi connectivity index (χ0v) is 19.1. The monoisotopic (exact) mass is 501 g/mol. The van der Waals surface area contributed by atoms with Crippen LogP contribution < -0.4 is 16.4 Å². The predicted octanol–water partition coefficient (Wildman–Crippen LogP) is 1.76. The SMILES string of the molecule is CCNC(=NCCc1cccc(C(=O)NC)c1)N1CCCC(CC(N)=O)C1.I. The van der Waals surface area contributed by atoms with Gasteiger partial charge in [0.15, 0.2) is 5.96 Å². The number of halogens is 1. The van der Waals surface area contributed by atoms with Crippen molar-refractivity contribution < 1.29 is 9.59 Å². The first-order chi connectivity index (χ1) is 13.0. The van der Waals surface area contributed by atoms with E-state index in [0.717, 1.165) is 50.4 Å². The zero-order valence-electron chi connectivity index (χ0n) is 16.7. The Morgan fingerprint density at radius 1 is 1.36 bits per heavy atom. The van der Waals surface area contributed by atoms with Gasteiger partial charge in [-0.3, -0.25) is 14.6 Å². The third kappa shape index (κ3) is 7.65. The predicted molar refractivity (Wildman–Crippen MR) is 123 cm³/mol. The number of primary amides is 1. The van der Waals surface area contributed by atoms with Crippen molar-refractivity contribution in [2.24, 2.45) is 16.6 Å². The second-order valence-electron chi connectivity index (χ2n) is 6.89. The van der Waals surface area contributed by atoms with E-state index in [9.17, 15) is 9.59 Å². The van der Waals surface area contributed by atoms with E-state index in [2.05, 4.69) is 15.5 Å². The van der Waals surface area contributed by atoms with Crippen molar-refractivity contribution in [3.8, 4) is 0 Å². The fraction of sp³-hybridized carbons (Fsp3) is 0.550. The van der Waals surface area contributed by atoms with Gasteiger partial charge >= 0.3 is 0 Å². The highest BCUT2D eigenvalue weighted by atomic mass is 127. The molecule has 1 saturated heterocycles. The van der Waals surface area contributed by atoms with E-state index in [4.69, 9.17) is 10.7 Å². The number of piperidine rings is 1. The number of amides is 2. The molecule has 1 aromatic carbocycles. The first-order valence-electron chi connectivity index (χ1n) is 9.66. The number of likely N-dealkylation sites (tertiary alicyclic amines) is 1. The minimum absolute atomic E-state index is 0. The number of aliphatic imine (C=N–C) groups is 1. The highest BCUT2D eigenvalue weighted by molar-refractivity contribution is 14.0. The van der Waals surface area contributed by atoms with E-state index in [1.165, 1.54) is 0 Å². The van der Waals surface area contributed by atoms with Gasteiger partial charge in [0.25, 0.3) is 5.91 Å².